The molecule has 1 saturated heterocycles. The van der Waals surface area contributed by atoms with E-state index in [2.05, 4.69) is 20.2 Å². The summed E-state index contributed by atoms with van der Waals surface area (Å²) in [4.78, 5) is 21.7. The highest BCUT2D eigenvalue weighted by Crippen LogP contribution is 2.31. The zero-order chi connectivity index (χ0) is 15.5. The SMILES string of the molecule is Nc1c(NC2CCCC2)ncnc1N1CCC(C(=O)O)CC1. The molecule has 0 unspecified atom stereocenters. The van der Waals surface area contributed by atoms with E-state index in [4.69, 9.17) is 10.8 Å². The lowest BCUT2D eigenvalue weighted by Crippen LogP contribution is -2.37. The molecule has 4 N–H and O–H groups in total. The van der Waals surface area contributed by atoms with Crippen LogP contribution >= 0.6 is 0 Å². The highest BCUT2D eigenvalue weighted by atomic mass is 16.4. The van der Waals surface area contributed by atoms with Crippen LogP contribution in [0.1, 0.15) is 38.5 Å². The van der Waals surface area contributed by atoms with Gasteiger partial charge in [0.25, 0.3) is 0 Å². The Morgan fingerprint density at radius 1 is 1.23 bits per heavy atom. The van der Waals surface area contributed by atoms with Crippen LogP contribution in [0.4, 0.5) is 17.3 Å². The first-order chi connectivity index (χ1) is 10.6. The third-order valence-electron chi connectivity index (χ3n) is 4.70. The van der Waals surface area contributed by atoms with Gasteiger partial charge in [0.15, 0.2) is 11.6 Å². The number of nitrogen functional groups attached to an aromatic ring is 1. The molecule has 2 heterocycles. The molecule has 0 aromatic carbocycles. The molecule has 2 aliphatic rings. The second-order valence-electron chi connectivity index (χ2n) is 6.18. The van der Waals surface area contributed by atoms with E-state index in [1.54, 1.807) is 0 Å². The van der Waals surface area contributed by atoms with Gasteiger partial charge in [0.2, 0.25) is 0 Å². The molecule has 22 heavy (non-hydrogen) atoms. The topological polar surface area (TPSA) is 104 Å². The fraction of sp³-hybridized carbons (Fsp3) is 0.667. The van der Waals surface area contributed by atoms with Gasteiger partial charge in [0, 0.05) is 19.1 Å². The Morgan fingerprint density at radius 3 is 2.55 bits per heavy atom. The van der Waals surface area contributed by atoms with E-state index >= 15 is 0 Å². The van der Waals surface area contributed by atoms with Crippen molar-refractivity contribution in [1.82, 2.24) is 9.97 Å². The van der Waals surface area contributed by atoms with Crippen LogP contribution in [0.2, 0.25) is 0 Å². The molecule has 0 radical (unpaired) electrons. The number of nitrogens with two attached hydrogens (primary N) is 1. The molecule has 0 bridgehead atoms. The Labute approximate surface area is 129 Å². The van der Waals surface area contributed by atoms with Crippen molar-refractivity contribution in [2.75, 3.05) is 29.0 Å². The molecular formula is C15H23N5O2. The van der Waals surface area contributed by atoms with Gasteiger partial charge in [-0.25, -0.2) is 9.97 Å². The summed E-state index contributed by atoms with van der Waals surface area (Å²) in [6.45, 7) is 1.34. The van der Waals surface area contributed by atoms with Crippen LogP contribution in [0.25, 0.3) is 0 Å². The number of hydrogen-bond acceptors (Lipinski definition) is 6. The second-order valence-corrected chi connectivity index (χ2v) is 6.18. The summed E-state index contributed by atoms with van der Waals surface area (Å²) in [5.74, 6) is 0.464. The Balaban J connectivity index is 1.70. The molecule has 120 valence electrons. The van der Waals surface area contributed by atoms with E-state index in [1.807, 2.05) is 0 Å². The zero-order valence-corrected chi connectivity index (χ0v) is 12.7. The molecule has 7 heteroatoms. The summed E-state index contributed by atoms with van der Waals surface area (Å²) < 4.78 is 0. The van der Waals surface area contributed by atoms with Crippen LogP contribution in [0.5, 0.6) is 0 Å². The van der Waals surface area contributed by atoms with Crippen molar-refractivity contribution in [3.63, 3.8) is 0 Å². The fourth-order valence-electron chi connectivity index (χ4n) is 3.36. The van der Waals surface area contributed by atoms with E-state index in [-0.39, 0.29) is 5.92 Å². The van der Waals surface area contributed by atoms with Crippen LogP contribution in [0.3, 0.4) is 0 Å². The van der Waals surface area contributed by atoms with Crippen LogP contribution in [-0.2, 0) is 4.79 Å². The minimum absolute atomic E-state index is 0.254. The number of rotatable bonds is 4. The molecule has 2 fully saturated rings. The maximum Gasteiger partial charge on any atom is 0.306 e. The number of carboxylic acids is 1. The van der Waals surface area contributed by atoms with E-state index in [0.717, 1.165) is 18.7 Å². The average molecular weight is 305 g/mol. The number of carbonyl (C=O) groups is 1. The van der Waals surface area contributed by atoms with Gasteiger partial charge in [0.05, 0.1) is 5.92 Å². The monoisotopic (exact) mass is 305 g/mol. The molecule has 3 rings (SSSR count). The Kier molecular flexibility index (Phi) is 4.31. The van der Waals surface area contributed by atoms with E-state index in [0.29, 0.717) is 43.5 Å². The van der Waals surface area contributed by atoms with Gasteiger partial charge < -0.3 is 21.1 Å². The van der Waals surface area contributed by atoms with Gasteiger partial charge in [-0.15, -0.1) is 0 Å². The number of piperidine rings is 1. The van der Waals surface area contributed by atoms with E-state index in [9.17, 15) is 4.79 Å². The van der Waals surface area contributed by atoms with Crippen LogP contribution in [0.15, 0.2) is 6.33 Å². The number of nitrogens with zero attached hydrogens (tertiary/aromatic N) is 3. The number of hydrogen-bond donors (Lipinski definition) is 3. The molecule has 0 atom stereocenters. The van der Waals surface area contributed by atoms with Crippen molar-refractivity contribution in [2.24, 2.45) is 5.92 Å². The van der Waals surface area contributed by atoms with E-state index in [1.165, 1.54) is 19.2 Å². The van der Waals surface area contributed by atoms with Crippen LogP contribution in [0, 0.1) is 5.92 Å². The Bertz CT molecular complexity index is 537. The van der Waals surface area contributed by atoms with E-state index < -0.39 is 5.97 Å². The van der Waals surface area contributed by atoms with Crippen LogP contribution in [-0.4, -0.2) is 40.2 Å². The molecule has 1 aromatic heterocycles. The summed E-state index contributed by atoms with van der Waals surface area (Å²) >= 11 is 0. The number of anilines is 3. The van der Waals surface area contributed by atoms with Crippen molar-refractivity contribution in [2.45, 2.75) is 44.6 Å². The average Bonchev–Trinajstić information content (AvgIpc) is 3.02. The number of aromatic nitrogens is 2. The van der Waals surface area contributed by atoms with Crippen molar-refractivity contribution in [3.8, 4) is 0 Å². The van der Waals surface area contributed by atoms with Gasteiger partial charge in [-0.05, 0) is 25.7 Å². The molecule has 7 nitrogen and oxygen atoms in total. The summed E-state index contributed by atoms with van der Waals surface area (Å²) in [6, 6.07) is 0.447. The molecule has 1 aliphatic heterocycles. The normalized spacial score (nSPS) is 20.3. The number of carboxylic acid groups (broad SMARTS) is 1. The Hall–Kier alpha value is -2.05. The zero-order valence-electron chi connectivity index (χ0n) is 12.7. The highest BCUT2D eigenvalue weighted by molar-refractivity contribution is 5.76. The quantitative estimate of drug-likeness (QED) is 0.777. The standard InChI is InChI=1S/C15H23N5O2/c16-12-13(19-11-3-1-2-4-11)17-9-18-14(12)20-7-5-10(6-8-20)15(21)22/h9-11H,1-8,16H2,(H,21,22)(H,17,18,19). The first kappa shape index (κ1) is 14.9. The number of nitrogens with one attached hydrogen (secondary N) is 1. The van der Waals surface area contributed by atoms with Crippen molar-refractivity contribution < 1.29 is 9.90 Å². The molecule has 0 spiro atoms. The van der Waals surface area contributed by atoms with Crippen molar-refractivity contribution in [1.29, 1.82) is 0 Å². The molecule has 1 saturated carbocycles. The summed E-state index contributed by atoms with van der Waals surface area (Å²) in [5, 5.41) is 12.5. The maximum atomic E-state index is 11.0. The molecular weight excluding hydrogens is 282 g/mol. The first-order valence-electron chi connectivity index (χ1n) is 8.00. The minimum atomic E-state index is -0.709. The third kappa shape index (κ3) is 3.08. The summed E-state index contributed by atoms with van der Waals surface area (Å²) in [7, 11) is 0. The van der Waals surface area contributed by atoms with Gasteiger partial charge in [-0.2, -0.15) is 0 Å². The Morgan fingerprint density at radius 2 is 1.91 bits per heavy atom. The molecule has 1 aliphatic carbocycles. The van der Waals surface area contributed by atoms with Gasteiger partial charge in [-0.1, -0.05) is 12.8 Å². The molecule has 1 aromatic rings. The fourth-order valence-corrected chi connectivity index (χ4v) is 3.36. The first-order valence-corrected chi connectivity index (χ1v) is 8.00. The lowest BCUT2D eigenvalue weighted by atomic mass is 9.97. The third-order valence-corrected chi connectivity index (χ3v) is 4.70. The van der Waals surface area contributed by atoms with Crippen molar-refractivity contribution in [3.05, 3.63) is 6.33 Å². The minimum Gasteiger partial charge on any atom is -0.481 e. The maximum absolute atomic E-state index is 11.0. The van der Waals surface area contributed by atoms with Gasteiger partial charge in [-0.3, -0.25) is 4.79 Å². The summed E-state index contributed by atoms with van der Waals surface area (Å²) in [6.07, 6.45) is 7.60. The largest absolute Gasteiger partial charge is 0.481 e. The lowest BCUT2D eigenvalue weighted by molar-refractivity contribution is -0.142. The predicted molar refractivity (Wildman–Crippen MR) is 84.9 cm³/mol. The van der Waals surface area contributed by atoms with Gasteiger partial charge in [0.1, 0.15) is 12.0 Å². The van der Waals surface area contributed by atoms with Crippen LogP contribution < -0.4 is 16.0 Å². The highest BCUT2D eigenvalue weighted by Gasteiger charge is 2.27. The van der Waals surface area contributed by atoms with Crippen molar-refractivity contribution >= 4 is 23.3 Å². The second kappa shape index (κ2) is 6.37. The lowest BCUT2D eigenvalue weighted by Gasteiger charge is -2.32. The molecule has 0 amide bonds. The number of aliphatic carboxylic acids is 1. The smallest absolute Gasteiger partial charge is 0.306 e. The summed E-state index contributed by atoms with van der Waals surface area (Å²) in [5.41, 5.74) is 6.81. The van der Waals surface area contributed by atoms with Gasteiger partial charge >= 0.3 is 5.97 Å². The predicted octanol–water partition coefficient (Wildman–Crippen LogP) is 1.71.